The molecular formula is C11H26N5O4P. The first-order chi connectivity index (χ1) is 9.84. The molecule has 9 nitrogen and oxygen atoms in total. The molecule has 7 N–H and O–H groups in total. The molecule has 0 aromatic heterocycles. The first-order valence-corrected chi connectivity index (χ1v) is 8.56. The normalized spacial score (nSPS) is 12.9. The average Bonchev–Trinajstić information content (AvgIpc) is 2.37. The second-order valence-electron chi connectivity index (χ2n) is 4.25. The van der Waals surface area contributed by atoms with E-state index in [1.165, 1.54) is 0 Å². The van der Waals surface area contributed by atoms with Gasteiger partial charge in [-0.15, -0.1) is 0 Å². The first-order valence-electron chi connectivity index (χ1n) is 6.83. The zero-order chi connectivity index (χ0) is 16.3. The van der Waals surface area contributed by atoms with Gasteiger partial charge in [0.05, 0.1) is 25.5 Å². The largest absolute Gasteiger partial charge is 0.370 e. The quantitative estimate of drug-likeness (QED) is 0.146. The number of nitrogens with two attached hydrogens (primary N) is 2. The number of rotatable bonds is 12. The van der Waals surface area contributed by atoms with E-state index in [1.54, 1.807) is 13.8 Å². The maximum atomic E-state index is 12.2. The number of carbonyl (C=O) groups is 1. The third kappa shape index (κ3) is 9.41. The molecule has 0 aromatic rings. The molecule has 0 fully saturated rings. The lowest BCUT2D eigenvalue weighted by Crippen LogP contribution is -2.42. The molecule has 0 spiro atoms. The van der Waals surface area contributed by atoms with Crippen LogP contribution in [0, 0.1) is 5.41 Å². The molecule has 0 heterocycles. The second kappa shape index (κ2) is 10.6. The lowest BCUT2D eigenvalue weighted by molar-refractivity contribution is -0.120. The maximum Gasteiger partial charge on any atom is 0.344 e. The Morgan fingerprint density at radius 3 is 2.29 bits per heavy atom. The van der Waals surface area contributed by atoms with E-state index in [-0.39, 0.29) is 25.5 Å². The molecule has 10 heteroatoms. The van der Waals surface area contributed by atoms with E-state index in [1.807, 2.05) is 0 Å². The molecule has 0 aromatic carbocycles. The van der Waals surface area contributed by atoms with Crippen LogP contribution in [0.15, 0.2) is 0 Å². The topological polar surface area (TPSA) is 153 Å². The highest BCUT2D eigenvalue weighted by Gasteiger charge is 2.26. The molecule has 0 bridgehead atoms. The summed E-state index contributed by atoms with van der Waals surface area (Å²) in [5.74, 6) is -0.673. The van der Waals surface area contributed by atoms with Crippen LogP contribution in [0.1, 0.15) is 26.7 Å². The Balaban J connectivity index is 4.32. The summed E-state index contributed by atoms with van der Waals surface area (Å²) < 4.78 is 22.5. The van der Waals surface area contributed by atoms with Crippen molar-refractivity contribution in [1.29, 1.82) is 5.41 Å². The molecule has 0 saturated heterocycles. The van der Waals surface area contributed by atoms with Crippen molar-refractivity contribution in [2.75, 3.05) is 26.0 Å². The SMILES string of the molecule is CCOP(=O)(CN[C@@H](CCCNC(=N)N)C(N)=O)OCC. The molecule has 0 saturated carbocycles. The van der Waals surface area contributed by atoms with Crippen LogP contribution in [0.4, 0.5) is 0 Å². The van der Waals surface area contributed by atoms with E-state index in [9.17, 15) is 9.36 Å². The van der Waals surface area contributed by atoms with Crippen molar-refractivity contribution in [1.82, 2.24) is 10.6 Å². The van der Waals surface area contributed by atoms with Gasteiger partial charge in [0.25, 0.3) is 0 Å². The number of guanidine groups is 1. The Kier molecular flexibility index (Phi) is 9.98. The molecule has 124 valence electrons. The highest BCUT2D eigenvalue weighted by atomic mass is 31.2. The summed E-state index contributed by atoms with van der Waals surface area (Å²) in [7, 11) is -3.26. The predicted molar refractivity (Wildman–Crippen MR) is 81.0 cm³/mol. The van der Waals surface area contributed by atoms with Crippen molar-refractivity contribution in [3.05, 3.63) is 0 Å². The summed E-state index contributed by atoms with van der Waals surface area (Å²) in [5, 5.41) is 12.5. The third-order valence-electron chi connectivity index (χ3n) is 2.51. The van der Waals surface area contributed by atoms with Crippen LogP contribution in [0.25, 0.3) is 0 Å². The summed E-state index contributed by atoms with van der Waals surface area (Å²) in [4.78, 5) is 11.4. The van der Waals surface area contributed by atoms with Gasteiger partial charge in [-0.1, -0.05) is 0 Å². The van der Waals surface area contributed by atoms with Crippen molar-refractivity contribution >= 4 is 19.5 Å². The number of primary amides is 1. The zero-order valence-electron chi connectivity index (χ0n) is 12.6. The van der Waals surface area contributed by atoms with Crippen molar-refractivity contribution in [2.24, 2.45) is 11.5 Å². The second-order valence-corrected chi connectivity index (χ2v) is 6.30. The predicted octanol–water partition coefficient (Wildman–Crippen LogP) is -0.0832. The third-order valence-corrected chi connectivity index (χ3v) is 4.38. The fourth-order valence-electron chi connectivity index (χ4n) is 1.62. The van der Waals surface area contributed by atoms with E-state index >= 15 is 0 Å². The number of hydrogen-bond donors (Lipinski definition) is 5. The van der Waals surface area contributed by atoms with Gasteiger partial charge in [-0.3, -0.25) is 20.1 Å². The van der Waals surface area contributed by atoms with Gasteiger partial charge in [0, 0.05) is 6.54 Å². The van der Waals surface area contributed by atoms with Gasteiger partial charge >= 0.3 is 7.60 Å². The van der Waals surface area contributed by atoms with Crippen molar-refractivity contribution in [3.8, 4) is 0 Å². The number of nitrogens with one attached hydrogen (secondary N) is 3. The summed E-state index contributed by atoms with van der Waals surface area (Å²) in [5.41, 5.74) is 10.4. The number of carbonyl (C=O) groups excluding carboxylic acids is 1. The molecule has 0 aliphatic heterocycles. The van der Waals surface area contributed by atoms with Crippen molar-refractivity contribution in [2.45, 2.75) is 32.7 Å². The Morgan fingerprint density at radius 2 is 1.86 bits per heavy atom. The summed E-state index contributed by atoms with van der Waals surface area (Å²) in [6.45, 7) is 4.39. The monoisotopic (exact) mass is 323 g/mol. The molecule has 1 amide bonds. The van der Waals surface area contributed by atoms with Crippen LogP contribution < -0.4 is 22.1 Å². The van der Waals surface area contributed by atoms with Crippen LogP contribution in [-0.4, -0.2) is 44.0 Å². The highest BCUT2D eigenvalue weighted by Crippen LogP contribution is 2.46. The van der Waals surface area contributed by atoms with Crippen LogP contribution in [-0.2, 0) is 18.4 Å². The molecule has 0 aliphatic carbocycles. The standard InChI is InChI=1S/C11H26N5O4P/c1-3-19-21(18,20-4-2)8-16-9(10(12)17)6-5-7-15-11(13)14/h9,16H,3-8H2,1-2H3,(H2,12,17)(H4,13,14,15)/t9-/m0/s1. The lowest BCUT2D eigenvalue weighted by atomic mass is 10.1. The summed E-state index contributed by atoms with van der Waals surface area (Å²) in [6.07, 6.45) is 0.921. The minimum atomic E-state index is -3.26. The Hall–Kier alpha value is -1.15. The highest BCUT2D eigenvalue weighted by molar-refractivity contribution is 7.53. The van der Waals surface area contributed by atoms with E-state index in [2.05, 4.69) is 10.6 Å². The van der Waals surface area contributed by atoms with Gasteiger partial charge in [0.2, 0.25) is 5.91 Å². The number of amides is 1. The maximum absolute atomic E-state index is 12.2. The zero-order valence-corrected chi connectivity index (χ0v) is 13.4. The van der Waals surface area contributed by atoms with E-state index < -0.39 is 19.5 Å². The molecule has 0 unspecified atom stereocenters. The van der Waals surface area contributed by atoms with E-state index in [4.69, 9.17) is 25.9 Å². The molecule has 0 aliphatic rings. The van der Waals surface area contributed by atoms with Crippen LogP contribution in [0.2, 0.25) is 0 Å². The molecule has 0 radical (unpaired) electrons. The van der Waals surface area contributed by atoms with Crippen LogP contribution in [0.3, 0.4) is 0 Å². The summed E-state index contributed by atoms with van der Waals surface area (Å²) in [6, 6.07) is -0.645. The van der Waals surface area contributed by atoms with Gasteiger partial charge in [0.15, 0.2) is 5.96 Å². The fraction of sp³-hybridized carbons (Fsp3) is 0.818. The molecule has 21 heavy (non-hydrogen) atoms. The van der Waals surface area contributed by atoms with Gasteiger partial charge in [-0.25, -0.2) is 0 Å². The Morgan fingerprint density at radius 1 is 1.29 bits per heavy atom. The van der Waals surface area contributed by atoms with Crippen LogP contribution in [0.5, 0.6) is 0 Å². The lowest BCUT2D eigenvalue weighted by Gasteiger charge is -2.21. The van der Waals surface area contributed by atoms with Gasteiger partial charge in [0.1, 0.15) is 0 Å². The van der Waals surface area contributed by atoms with Gasteiger partial charge < -0.3 is 25.8 Å². The number of hydrogen-bond acceptors (Lipinski definition) is 6. The minimum absolute atomic E-state index is 0.0809. The first kappa shape index (κ1) is 19.9. The smallest absolute Gasteiger partial charge is 0.344 e. The van der Waals surface area contributed by atoms with E-state index in [0.29, 0.717) is 19.4 Å². The molecular weight excluding hydrogens is 297 g/mol. The Labute approximate surface area is 125 Å². The average molecular weight is 323 g/mol. The Bertz CT molecular complexity index is 370. The summed E-state index contributed by atoms with van der Waals surface area (Å²) >= 11 is 0. The minimum Gasteiger partial charge on any atom is -0.370 e. The van der Waals surface area contributed by atoms with Crippen molar-refractivity contribution in [3.63, 3.8) is 0 Å². The van der Waals surface area contributed by atoms with Crippen LogP contribution >= 0.6 is 7.60 Å². The van der Waals surface area contributed by atoms with Gasteiger partial charge in [-0.2, -0.15) is 0 Å². The van der Waals surface area contributed by atoms with Gasteiger partial charge in [-0.05, 0) is 26.7 Å². The molecule has 1 atom stereocenters. The van der Waals surface area contributed by atoms with E-state index in [0.717, 1.165) is 0 Å². The van der Waals surface area contributed by atoms with Crippen molar-refractivity contribution < 1.29 is 18.4 Å². The fourth-order valence-corrected chi connectivity index (χ4v) is 3.11. The molecule has 0 rings (SSSR count).